The number of nitro benzene ring substituents is 1. The molecule has 6 heteroatoms. The van der Waals surface area contributed by atoms with Crippen molar-refractivity contribution in [2.24, 2.45) is 11.5 Å². The van der Waals surface area contributed by atoms with Gasteiger partial charge in [-0.05, 0) is 31.0 Å². The minimum atomic E-state index is -0.463. The maximum absolute atomic E-state index is 10.6. The Hall–Kier alpha value is -1.17. The van der Waals surface area contributed by atoms with E-state index in [0.717, 1.165) is 6.42 Å². The van der Waals surface area contributed by atoms with Gasteiger partial charge in [0.2, 0.25) is 0 Å². The minimum absolute atomic E-state index is 0.00241. The number of benzene rings is 1. The van der Waals surface area contributed by atoms with Crippen LogP contribution in [-0.2, 0) is 0 Å². The van der Waals surface area contributed by atoms with Gasteiger partial charge in [0.05, 0.1) is 4.92 Å². The number of halogens is 1. The van der Waals surface area contributed by atoms with E-state index in [1.165, 1.54) is 18.2 Å². The van der Waals surface area contributed by atoms with Gasteiger partial charge in [-0.15, -0.1) is 0 Å². The number of hydrogen-bond acceptors (Lipinski definition) is 4. The Morgan fingerprint density at radius 1 is 1.50 bits per heavy atom. The molecule has 16 heavy (non-hydrogen) atoms. The molecule has 4 N–H and O–H groups in total. The number of nitrogens with two attached hydrogens (primary N) is 2. The molecule has 0 aliphatic rings. The highest BCUT2D eigenvalue weighted by molar-refractivity contribution is 6.31. The summed E-state index contributed by atoms with van der Waals surface area (Å²) in [5, 5.41) is 11.1. The third-order valence-corrected chi connectivity index (χ3v) is 2.65. The van der Waals surface area contributed by atoms with Crippen LogP contribution in [0.15, 0.2) is 18.2 Å². The number of nitrogens with zero attached hydrogens (tertiary/aromatic N) is 1. The van der Waals surface area contributed by atoms with E-state index < -0.39 is 4.92 Å². The second-order valence-corrected chi connectivity index (χ2v) is 3.91. The summed E-state index contributed by atoms with van der Waals surface area (Å²) in [6.07, 6.45) is 1.43. The highest BCUT2D eigenvalue weighted by atomic mass is 35.5. The Bertz CT molecular complexity index is 384. The molecular weight excluding hydrogens is 230 g/mol. The first-order chi connectivity index (χ1) is 7.56. The average molecular weight is 244 g/mol. The van der Waals surface area contributed by atoms with Crippen LogP contribution < -0.4 is 11.5 Å². The molecule has 0 saturated carbocycles. The van der Waals surface area contributed by atoms with Crippen molar-refractivity contribution in [2.45, 2.75) is 18.9 Å². The normalized spacial score (nSPS) is 12.4. The summed E-state index contributed by atoms with van der Waals surface area (Å²) in [5.41, 5.74) is 11.9. The highest BCUT2D eigenvalue weighted by Crippen LogP contribution is 2.28. The molecule has 1 aromatic carbocycles. The van der Waals surface area contributed by atoms with E-state index in [9.17, 15) is 10.1 Å². The van der Waals surface area contributed by atoms with Gasteiger partial charge >= 0.3 is 0 Å². The lowest BCUT2D eigenvalue weighted by atomic mass is 10.0. The lowest BCUT2D eigenvalue weighted by Gasteiger charge is -2.12. The van der Waals surface area contributed by atoms with Crippen molar-refractivity contribution in [2.75, 3.05) is 6.54 Å². The first kappa shape index (κ1) is 12.9. The fourth-order valence-corrected chi connectivity index (χ4v) is 1.68. The Kier molecular flexibility index (Phi) is 4.67. The van der Waals surface area contributed by atoms with E-state index in [-0.39, 0.29) is 11.7 Å². The Balaban J connectivity index is 2.92. The van der Waals surface area contributed by atoms with E-state index in [4.69, 9.17) is 23.1 Å². The van der Waals surface area contributed by atoms with Crippen molar-refractivity contribution in [3.8, 4) is 0 Å². The van der Waals surface area contributed by atoms with Gasteiger partial charge in [-0.2, -0.15) is 0 Å². The van der Waals surface area contributed by atoms with Gasteiger partial charge in [-0.1, -0.05) is 11.6 Å². The predicted molar refractivity (Wildman–Crippen MR) is 63.3 cm³/mol. The van der Waals surface area contributed by atoms with E-state index in [1.807, 2.05) is 0 Å². The van der Waals surface area contributed by atoms with Crippen LogP contribution in [0.4, 0.5) is 5.69 Å². The van der Waals surface area contributed by atoms with Crippen molar-refractivity contribution < 1.29 is 4.92 Å². The van der Waals surface area contributed by atoms with Crippen molar-refractivity contribution in [1.29, 1.82) is 0 Å². The van der Waals surface area contributed by atoms with Crippen molar-refractivity contribution >= 4 is 17.3 Å². The lowest BCUT2D eigenvalue weighted by molar-refractivity contribution is -0.384. The molecule has 0 unspecified atom stereocenters. The molecule has 0 spiro atoms. The van der Waals surface area contributed by atoms with Crippen LogP contribution >= 0.6 is 11.6 Å². The molecule has 0 bridgehead atoms. The van der Waals surface area contributed by atoms with Gasteiger partial charge in [0, 0.05) is 23.2 Å². The smallest absolute Gasteiger partial charge is 0.269 e. The van der Waals surface area contributed by atoms with Gasteiger partial charge in [-0.3, -0.25) is 10.1 Å². The molecular formula is C10H14ClN3O2. The maximum atomic E-state index is 10.6. The molecule has 1 aromatic rings. The molecule has 5 nitrogen and oxygen atoms in total. The zero-order valence-electron chi connectivity index (χ0n) is 8.73. The number of hydrogen-bond donors (Lipinski definition) is 2. The third-order valence-electron chi connectivity index (χ3n) is 2.31. The molecule has 0 saturated heterocycles. The summed E-state index contributed by atoms with van der Waals surface area (Å²) in [6.45, 7) is 0.542. The first-order valence-corrected chi connectivity index (χ1v) is 5.33. The van der Waals surface area contributed by atoms with Crippen molar-refractivity contribution in [3.05, 3.63) is 38.9 Å². The fraction of sp³-hybridized carbons (Fsp3) is 0.400. The molecule has 0 aliphatic carbocycles. The molecule has 1 rings (SSSR count). The van der Waals surface area contributed by atoms with Gasteiger partial charge < -0.3 is 11.5 Å². The molecule has 88 valence electrons. The highest BCUT2D eigenvalue weighted by Gasteiger charge is 2.14. The van der Waals surface area contributed by atoms with Crippen LogP contribution in [0.3, 0.4) is 0 Å². The van der Waals surface area contributed by atoms with Crippen LogP contribution in [0, 0.1) is 10.1 Å². The van der Waals surface area contributed by atoms with Crippen molar-refractivity contribution in [3.63, 3.8) is 0 Å². The molecule has 0 aromatic heterocycles. The topological polar surface area (TPSA) is 95.2 Å². The SMILES string of the molecule is NCCC[C@@H](N)c1cc([N+](=O)[O-])ccc1Cl. The van der Waals surface area contributed by atoms with E-state index in [0.29, 0.717) is 23.6 Å². The standard InChI is InChI=1S/C10H14ClN3O2/c11-9-4-3-7(14(15)16)6-8(9)10(13)2-1-5-12/h3-4,6,10H,1-2,5,12-13H2/t10-/m1/s1. The average Bonchev–Trinajstić information content (AvgIpc) is 2.26. The second kappa shape index (κ2) is 5.79. The van der Waals surface area contributed by atoms with Gasteiger partial charge in [0.15, 0.2) is 0 Å². The molecule has 0 amide bonds. The van der Waals surface area contributed by atoms with Crippen LogP contribution in [0.2, 0.25) is 5.02 Å². The monoisotopic (exact) mass is 243 g/mol. The summed E-state index contributed by atoms with van der Waals surface area (Å²) in [4.78, 5) is 10.1. The molecule has 1 atom stereocenters. The number of non-ortho nitro benzene ring substituents is 1. The maximum Gasteiger partial charge on any atom is 0.269 e. The summed E-state index contributed by atoms with van der Waals surface area (Å²) in [7, 11) is 0. The largest absolute Gasteiger partial charge is 0.330 e. The molecule has 0 fully saturated rings. The fourth-order valence-electron chi connectivity index (χ4n) is 1.42. The molecule has 0 aliphatic heterocycles. The zero-order chi connectivity index (χ0) is 12.1. The Morgan fingerprint density at radius 3 is 2.75 bits per heavy atom. The number of rotatable bonds is 5. The second-order valence-electron chi connectivity index (χ2n) is 3.50. The predicted octanol–water partition coefficient (Wildman–Crippen LogP) is 1.99. The van der Waals surface area contributed by atoms with Gasteiger partial charge in [0.25, 0.3) is 5.69 Å². The van der Waals surface area contributed by atoms with Gasteiger partial charge in [-0.25, -0.2) is 0 Å². The third kappa shape index (κ3) is 3.16. The van der Waals surface area contributed by atoms with E-state index >= 15 is 0 Å². The Morgan fingerprint density at radius 2 is 2.19 bits per heavy atom. The van der Waals surface area contributed by atoms with Gasteiger partial charge in [0.1, 0.15) is 0 Å². The molecule has 0 heterocycles. The van der Waals surface area contributed by atoms with Crippen LogP contribution in [-0.4, -0.2) is 11.5 Å². The lowest BCUT2D eigenvalue weighted by Crippen LogP contribution is -2.13. The Labute approximate surface area is 98.5 Å². The van der Waals surface area contributed by atoms with E-state index in [2.05, 4.69) is 0 Å². The van der Waals surface area contributed by atoms with Crippen LogP contribution in [0.1, 0.15) is 24.4 Å². The summed E-state index contributed by atoms with van der Waals surface area (Å²) in [6, 6.07) is 3.97. The molecule has 0 radical (unpaired) electrons. The van der Waals surface area contributed by atoms with Crippen LogP contribution in [0.5, 0.6) is 0 Å². The van der Waals surface area contributed by atoms with Crippen molar-refractivity contribution in [1.82, 2.24) is 0 Å². The van der Waals surface area contributed by atoms with E-state index in [1.54, 1.807) is 0 Å². The zero-order valence-corrected chi connectivity index (χ0v) is 9.48. The summed E-state index contributed by atoms with van der Waals surface area (Å²) >= 11 is 5.94. The number of nitro groups is 1. The summed E-state index contributed by atoms with van der Waals surface area (Å²) < 4.78 is 0. The minimum Gasteiger partial charge on any atom is -0.330 e. The first-order valence-electron chi connectivity index (χ1n) is 4.95. The summed E-state index contributed by atoms with van der Waals surface area (Å²) in [5.74, 6) is 0. The van der Waals surface area contributed by atoms with Crippen LogP contribution in [0.25, 0.3) is 0 Å². The quantitative estimate of drug-likeness (QED) is 0.611.